The molecule has 1 aromatic carbocycles. The minimum atomic E-state index is -0.900. The molecule has 1 saturated carbocycles. The standard InChI is InChI=1S/C16H21NO3/c18-15(19)11-14(12-7-3-1-4-8-12)17-16(20)13-9-5-2-6-10-13/h1,3-4,7-8,13-14H,2,5-6,9-11H2,(H,17,20)(H,18,19)/t14-/m1/s1. The fourth-order valence-electron chi connectivity index (χ4n) is 2.77. The summed E-state index contributed by atoms with van der Waals surface area (Å²) < 4.78 is 0. The zero-order chi connectivity index (χ0) is 14.4. The van der Waals surface area contributed by atoms with Gasteiger partial charge in [0.25, 0.3) is 0 Å². The van der Waals surface area contributed by atoms with Crippen LogP contribution in [0.25, 0.3) is 0 Å². The first kappa shape index (κ1) is 14.6. The Morgan fingerprint density at radius 1 is 1.15 bits per heavy atom. The lowest BCUT2D eigenvalue weighted by molar-refractivity contribution is -0.138. The number of carboxylic acids is 1. The molecular weight excluding hydrogens is 254 g/mol. The first-order valence-corrected chi connectivity index (χ1v) is 7.24. The molecule has 1 aliphatic rings. The monoisotopic (exact) mass is 275 g/mol. The van der Waals surface area contributed by atoms with Crippen molar-refractivity contribution in [1.29, 1.82) is 0 Å². The van der Waals surface area contributed by atoms with Crippen LogP contribution in [0.2, 0.25) is 0 Å². The van der Waals surface area contributed by atoms with Crippen LogP contribution in [-0.4, -0.2) is 17.0 Å². The molecule has 4 nitrogen and oxygen atoms in total. The smallest absolute Gasteiger partial charge is 0.305 e. The van der Waals surface area contributed by atoms with E-state index in [1.54, 1.807) is 0 Å². The van der Waals surface area contributed by atoms with Gasteiger partial charge in [-0.1, -0.05) is 49.6 Å². The van der Waals surface area contributed by atoms with E-state index in [-0.39, 0.29) is 18.2 Å². The van der Waals surface area contributed by atoms with E-state index < -0.39 is 12.0 Å². The van der Waals surface area contributed by atoms with Gasteiger partial charge in [0.05, 0.1) is 12.5 Å². The van der Waals surface area contributed by atoms with Crippen LogP contribution < -0.4 is 5.32 Å². The van der Waals surface area contributed by atoms with Crippen LogP contribution in [-0.2, 0) is 9.59 Å². The van der Waals surface area contributed by atoms with Crippen molar-refractivity contribution in [3.63, 3.8) is 0 Å². The summed E-state index contributed by atoms with van der Waals surface area (Å²) in [6.45, 7) is 0. The third-order valence-electron chi connectivity index (χ3n) is 3.87. The van der Waals surface area contributed by atoms with Gasteiger partial charge >= 0.3 is 5.97 Å². The molecule has 1 aliphatic carbocycles. The molecule has 0 heterocycles. The highest BCUT2D eigenvalue weighted by molar-refractivity contribution is 5.80. The first-order chi connectivity index (χ1) is 9.66. The van der Waals surface area contributed by atoms with Gasteiger partial charge < -0.3 is 10.4 Å². The van der Waals surface area contributed by atoms with E-state index in [9.17, 15) is 9.59 Å². The lowest BCUT2D eigenvalue weighted by Gasteiger charge is -2.24. The van der Waals surface area contributed by atoms with Crippen molar-refractivity contribution in [3.05, 3.63) is 35.9 Å². The molecule has 0 spiro atoms. The van der Waals surface area contributed by atoms with Gasteiger partial charge in [-0.3, -0.25) is 9.59 Å². The summed E-state index contributed by atoms with van der Waals surface area (Å²) in [5.41, 5.74) is 0.846. The van der Waals surface area contributed by atoms with Crippen molar-refractivity contribution in [1.82, 2.24) is 5.32 Å². The highest BCUT2D eigenvalue weighted by atomic mass is 16.4. The van der Waals surface area contributed by atoms with Gasteiger partial charge in [0.15, 0.2) is 0 Å². The third-order valence-corrected chi connectivity index (χ3v) is 3.87. The lowest BCUT2D eigenvalue weighted by atomic mass is 9.88. The Morgan fingerprint density at radius 3 is 2.40 bits per heavy atom. The summed E-state index contributed by atoms with van der Waals surface area (Å²) in [5.74, 6) is -0.855. The van der Waals surface area contributed by atoms with Crippen molar-refractivity contribution < 1.29 is 14.7 Å². The molecule has 0 bridgehead atoms. The molecule has 1 atom stereocenters. The van der Waals surface area contributed by atoms with E-state index >= 15 is 0 Å². The van der Waals surface area contributed by atoms with Crippen LogP contribution in [0.5, 0.6) is 0 Å². The Morgan fingerprint density at radius 2 is 1.80 bits per heavy atom. The predicted octanol–water partition coefficient (Wildman–Crippen LogP) is 2.90. The fourth-order valence-corrected chi connectivity index (χ4v) is 2.77. The number of amides is 1. The Kier molecular flexibility index (Phi) is 5.16. The molecular formula is C16H21NO3. The minimum Gasteiger partial charge on any atom is -0.481 e. The maximum atomic E-state index is 12.3. The normalized spacial score (nSPS) is 17.4. The van der Waals surface area contributed by atoms with Crippen molar-refractivity contribution >= 4 is 11.9 Å². The van der Waals surface area contributed by atoms with Gasteiger partial charge in [0, 0.05) is 5.92 Å². The highest BCUT2D eigenvalue weighted by Crippen LogP contribution is 2.25. The Balaban J connectivity index is 2.03. The van der Waals surface area contributed by atoms with Gasteiger partial charge in [-0.05, 0) is 18.4 Å². The zero-order valence-corrected chi connectivity index (χ0v) is 11.5. The van der Waals surface area contributed by atoms with Crippen molar-refractivity contribution in [2.75, 3.05) is 0 Å². The molecule has 1 fully saturated rings. The number of nitrogens with one attached hydrogen (secondary N) is 1. The van der Waals surface area contributed by atoms with Crippen LogP contribution in [0, 0.1) is 5.92 Å². The topological polar surface area (TPSA) is 66.4 Å². The van der Waals surface area contributed by atoms with Crippen LogP contribution in [0.15, 0.2) is 30.3 Å². The maximum absolute atomic E-state index is 12.3. The van der Waals surface area contributed by atoms with E-state index in [1.165, 1.54) is 6.42 Å². The summed E-state index contributed by atoms with van der Waals surface area (Å²) >= 11 is 0. The van der Waals surface area contributed by atoms with E-state index in [0.717, 1.165) is 31.2 Å². The number of carbonyl (C=O) groups is 2. The second-order valence-electron chi connectivity index (χ2n) is 5.40. The van der Waals surface area contributed by atoms with Crippen molar-refractivity contribution in [3.8, 4) is 0 Å². The number of hydrogen-bond acceptors (Lipinski definition) is 2. The summed E-state index contributed by atoms with van der Waals surface area (Å²) in [6.07, 6.45) is 5.13. The molecule has 0 unspecified atom stereocenters. The number of hydrogen-bond donors (Lipinski definition) is 2. The molecule has 2 rings (SSSR count). The average Bonchev–Trinajstić information content (AvgIpc) is 2.48. The predicted molar refractivity (Wildman–Crippen MR) is 76.2 cm³/mol. The quantitative estimate of drug-likeness (QED) is 0.868. The van der Waals surface area contributed by atoms with Gasteiger partial charge in [-0.15, -0.1) is 0 Å². The third kappa shape index (κ3) is 4.08. The summed E-state index contributed by atoms with van der Waals surface area (Å²) in [7, 11) is 0. The van der Waals surface area contributed by atoms with E-state index in [0.29, 0.717) is 0 Å². The van der Waals surface area contributed by atoms with Crippen LogP contribution >= 0.6 is 0 Å². The van der Waals surface area contributed by atoms with Crippen LogP contribution in [0.3, 0.4) is 0 Å². The van der Waals surface area contributed by atoms with Gasteiger partial charge in [0.1, 0.15) is 0 Å². The number of aliphatic carboxylic acids is 1. The van der Waals surface area contributed by atoms with E-state index in [1.807, 2.05) is 30.3 Å². The lowest BCUT2D eigenvalue weighted by Crippen LogP contribution is -2.35. The van der Waals surface area contributed by atoms with E-state index in [4.69, 9.17) is 5.11 Å². The van der Waals surface area contributed by atoms with Gasteiger partial charge in [0.2, 0.25) is 5.91 Å². The summed E-state index contributed by atoms with van der Waals surface area (Å²) in [4.78, 5) is 23.2. The molecule has 1 aromatic rings. The zero-order valence-electron chi connectivity index (χ0n) is 11.5. The molecule has 2 N–H and O–H groups in total. The number of rotatable bonds is 5. The molecule has 0 radical (unpaired) electrons. The molecule has 0 aliphatic heterocycles. The average molecular weight is 275 g/mol. The fraction of sp³-hybridized carbons (Fsp3) is 0.500. The van der Waals surface area contributed by atoms with Crippen LogP contribution in [0.4, 0.5) is 0 Å². The molecule has 108 valence electrons. The Labute approximate surface area is 119 Å². The molecule has 4 heteroatoms. The Hall–Kier alpha value is -1.84. The summed E-state index contributed by atoms with van der Waals surface area (Å²) in [5, 5.41) is 11.9. The summed E-state index contributed by atoms with van der Waals surface area (Å²) in [6, 6.07) is 8.87. The van der Waals surface area contributed by atoms with Gasteiger partial charge in [-0.25, -0.2) is 0 Å². The van der Waals surface area contributed by atoms with Gasteiger partial charge in [-0.2, -0.15) is 0 Å². The SMILES string of the molecule is O=C(O)C[C@@H](NC(=O)C1CCCCC1)c1ccccc1. The largest absolute Gasteiger partial charge is 0.481 e. The number of carboxylic acid groups (broad SMARTS) is 1. The highest BCUT2D eigenvalue weighted by Gasteiger charge is 2.25. The molecule has 1 amide bonds. The van der Waals surface area contributed by atoms with E-state index in [2.05, 4.69) is 5.32 Å². The first-order valence-electron chi connectivity index (χ1n) is 7.24. The second kappa shape index (κ2) is 7.08. The van der Waals surface area contributed by atoms with Crippen molar-refractivity contribution in [2.45, 2.75) is 44.6 Å². The molecule has 0 aromatic heterocycles. The van der Waals surface area contributed by atoms with Crippen LogP contribution in [0.1, 0.15) is 50.1 Å². The maximum Gasteiger partial charge on any atom is 0.305 e. The number of carbonyl (C=O) groups excluding carboxylic acids is 1. The second-order valence-corrected chi connectivity index (χ2v) is 5.40. The molecule has 20 heavy (non-hydrogen) atoms. The minimum absolute atomic E-state index is 0.000182. The Bertz CT molecular complexity index is 452. The number of benzene rings is 1. The van der Waals surface area contributed by atoms with Crippen molar-refractivity contribution in [2.24, 2.45) is 5.92 Å². The molecule has 0 saturated heterocycles.